The minimum Gasteiger partial charge on any atom is -0.494 e. The number of benzene rings is 1. The maximum absolute atomic E-state index is 12.0. The molecule has 7 heteroatoms. The van der Waals surface area contributed by atoms with E-state index in [1.54, 1.807) is 11.9 Å². The molecule has 0 unspecified atom stereocenters. The molecule has 1 amide bonds. The summed E-state index contributed by atoms with van der Waals surface area (Å²) in [5.74, 6) is 0.737. The molecule has 0 saturated carbocycles. The fourth-order valence-corrected chi connectivity index (χ4v) is 2.69. The molecular weight excluding hydrogens is 357 g/mol. The lowest BCUT2D eigenvalue weighted by molar-refractivity contribution is 0.00578. The second-order valence-corrected chi connectivity index (χ2v) is 9.23. The number of rotatable bonds is 6. The van der Waals surface area contributed by atoms with E-state index in [1.807, 2.05) is 72.7 Å². The SMILES string of the molecule is CN(CCCOc1ccccc1B1OC(C)(C)C(C)(C)O1)C(=O)OC(C)(C)C. The number of nitrogens with zero attached hydrogens (tertiary/aromatic N) is 1. The van der Waals surface area contributed by atoms with Crippen molar-refractivity contribution in [1.29, 1.82) is 0 Å². The lowest BCUT2D eigenvalue weighted by Crippen LogP contribution is -2.41. The van der Waals surface area contributed by atoms with Gasteiger partial charge in [0.2, 0.25) is 0 Å². The number of hydrogen-bond donors (Lipinski definition) is 0. The maximum atomic E-state index is 12.0. The van der Waals surface area contributed by atoms with Crippen LogP contribution in [0, 0.1) is 0 Å². The van der Waals surface area contributed by atoms with Crippen LogP contribution in [0.4, 0.5) is 4.79 Å². The minimum absolute atomic E-state index is 0.329. The Labute approximate surface area is 169 Å². The monoisotopic (exact) mass is 391 g/mol. The van der Waals surface area contributed by atoms with Gasteiger partial charge >= 0.3 is 13.2 Å². The maximum Gasteiger partial charge on any atom is 0.498 e. The van der Waals surface area contributed by atoms with E-state index in [2.05, 4.69) is 0 Å². The van der Waals surface area contributed by atoms with Crippen molar-refractivity contribution in [2.45, 2.75) is 71.7 Å². The molecule has 6 nitrogen and oxygen atoms in total. The van der Waals surface area contributed by atoms with Crippen LogP contribution in [0.3, 0.4) is 0 Å². The standard InChI is InChI=1S/C21H34BNO5/c1-19(2,3)26-18(24)23(8)14-11-15-25-17-13-10-9-12-16(17)22-27-20(4,5)21(6,7)28-22/h9-10,12-13H,11,14-15H2,1-8H3. The Bertz CT molecular complexity index is 668. The molecule has 0 aromatic heterocycles. The van der Waals surface area contributed by atoms with E-state index in [0.29, 0.717) is 19.6 Å². The number of amides is 1. The summed E-state index contributed by atoms with van der Waals surface area (Å²) in [5, 5.41) is 0. The van der Waals surface area contributed by atoms with E-state index in [-0.39, 0.29) is 6.09 Å². The van der Waals surface area contributed by atoms with Gasteiger partial charge in [-0.3, -0.25) is 0 Å². The van der Waals surface area contributed by atoms with Crippen molar-refractivity contribution in [1.82, 2.24) is 4.90 Å². The van der Waals surface area contributed by atoms with E-state index in [4.69, 9.17) is 18.8 Å². The lowest BCUT2D eigenvalue weighted by Gasteiger charge is -2.32. The number of para-hydroxylation sites is 1. The van der Waals surface area contributed by atoms with Crippen molar-refractivity contribution in [3.63, 3.8) is 0 Å². The molecule has 0 atom stereocenters. The average Bonchev–Trinajstić information content (AvgIpc) is 2.78. The fraction of sp³-hybridized carbons (Fsp3) is 0.667. The largest absolute Gasteiger partial charge is 0.498 e. The number of carbonyl (C=O) groups is 1. The van der Waals surface area contributed by atoms with Crippen LogP contribution in [0.25, 0.3) is 0 Å². The Morgan fingerprint density at radius 2 is 1.68 bits per heavy atom. The molecule has 1 aliphatic heterocycles. The van der Waals surface area contributed by atoms with E-state index in [9.17, 15) is 4.79 Å². The Morgan fingerprint density at radius 3 is 2.25 bits per heavy atom. The molecule has 0 N–H and O–H groups in total. The fourth-order valence-electron chi connectivity index (χ4n) is 2.69. The third-order valence-electron chi connectivity index (χ3n) is 5.03. The van der Waals surface area contributed by atoms with Gasteiger partial charge in [-0.05, 0) is 61.0 Å². The van der Waals surface area contributed by atoms with Crippen molar-refractivity contribution in [3.05, 3.63) is 24.3 Å². The summed E-state index contributed by atoms with van der Waals surface area (Å²) in [6.45, 7) is 14.7. The third kappa shape index (κ3) is 5.64. The molecule has 0 aliphatic carbocycles. The summed E-state index contributed by atoms with van der Waals surface area (Å²) in [7, 11) is 1.26. The topological polar surface area (TPSA) is 57.2 Å². The average molecular weight is 391 g/mol. The first-order chi connectivity index (χ1) is 12.8. The van der Waals surface area contributed by atoms with Gasteiger partial charge in [-0.1, -0.05) is 18.2 Å². The Kier molecular flexibility index (Phi) is 6.72. The van der Waals surface area contributed by atoms with E-state index in [1.165, 1.54) is 0 Å². The van der Waals surface area contributed by atoms with Crippen LogP contribution in [0.5, 0.6) is 5.75 Å². The number of carbonyl (C=O) groups excluding carboxylic acids is 1. The summed E-state index contributed by atoms with van der Waals surface area (Å²) in [4.78, 5) is 13.6. The summed E-state index contributed by atoms with van der Waals surface area (Å²) in [6, 6.07) is 7.75. The zero-order valence-electron chi connectivity index (χ0n) is 18.5. The first-order valence-corrected chi connectivity index (χ1v) is 9.84. The van der Waals surface area contributed by atoms with Gasteiger partial charge in [-0.25, -0.2) is 4.79 Å². The highest BCUT2D eigenvalue weighted by Gasteiger charge is 2.52. The quantitative estimate of drug-likeness (QED) is 0.548. The van der Waals surface area contributed by atoms with E-state index < -0.39 is 23.9 Å². The molecule has 0 bridgehead atoms. The summed E-state index contributed by atoms with van der Waals surface area (Å²) in [5.41, 5.74) is -0.424. The van der Waals surface area contributed by atoms with Crippen LogP contribution in [-0.2, 0) is 14.0 Å². The molecule has 28 heavy (non-hydrogen) atoms. The number of ether oxygens (including phenoxy) is 2. The molecule has 1 aromatic carbocycles. The summed E-state index contributed by atoms with van der Waals surface area (Å²) < 4.78 is 23.6. The molecule has 1 aliphatic rings. The molecule has 0 spiro atoms. The number of hydrogen-bond acceptors (Lipinski definition) is 5. The van der Waals surface area contributed by atoms with Crippen LogP contribution in [0.15, 0.2) is 24.3 Å². The molecule has 156 valence electrons. The van der Waals surface area contributed by atoms with Crippen molar-refractivity contribution >= 4 is 18.7 Å². The van der Waals surface area contributed by atoms with Gasteiger partial charge in [0.25, 0.3) is 0 Å². The van der Waals surface area contributed by atoms with E-state index >= 15 is 0 Å². The van der Waals surface area contributed by atoms with Crippen molar-refractivity contribution in [3.8, 4) is 5.75 Å². The molecule has 1 saturated heterocycles. The van der Waals surface area contributed by atoms with Crippen LogP contribution < -0.4 is 10.2 Å². The van der Waals surface area contributed by atoms with Crippen molar-refractivity contribution < 1.29 is 23.6 Å². The highest BCUT2D eigenvalue weighted by Crippen LogP contribution is 2.37. The van der Waals surface area contributed by atoms with Gasteiger partial charge in [0.05, 0.1) is 17.8 Å². The smallest absolute Gasteiger partial charge is 0.494 e. The first kappa shape index (κ1) is 22.6. The van der Waals surface area contributed by atoms with E-state index in [0.717, 1.165) is 11.2 Å². The molecular formula is C21H34BNO5. The zero-order valence-corrected chi connectivity index (χ0v) is 18.5. The van der Waals surface area contributed by atoms with Crippen LogP contribution in [0.2, 0.25) is 0 Å². The van der Waals surface area contributed by atoms with Crippen LogP contribution >= 0.6 is 0 Å². The van der Waals surface area contributed by atoms with Gasteiger partial charge < -0.3 is 23.7 Å². The Hall–Kier alpha value is -1.73. The normalized spacial score (nSPS) is 18.1. The summed E-state index contributed by atoms with van der Waals surface area (Å²) in [6.07, 6.45) is 0.359. The molecule has 1 fully saturated rings. The first-order valence-electron chi connectivity index (χ1n) is 9.84. The van der Waals surface area contributed by atoms with Gasteiger partial charge in [-0.2, -0.15) is 0 Å². The lowest BCUT2D eigenvalue weighted by atomic mass is 9.78. The van der Waals surface area contributed by atoms with Crippen molar-refractivity contribution in [2.75, 3.05) is 20.2 Å². The van der Waals surface area contributed by atoms with Crippen LogP contribution in [-0.4, -0.2) is 55.1 Å². The van der Waals surface area contributed by atoms with Crippen molar-refractivity contribution in [2.24, 2.45) is 0 Å². The Morgan fingerprint density at radius 1 is 1.11 bits per heavy atom. The minimum atomic E-state index is -0.496. The van der Waals surface area contributed by atoms with Gasteiger partial charge in [-0.15, -0.1) is 0 Å². The van der Waals surface area contributed by atoms with Crippen LogP contribution in [0.1, 0.15) is 54.9 Å². The highest BCUT2D eigenvalue weighted by molar-refractivity contribution is 6.63. The second-order valence-electron chi connectivity index (χ2n) is 9.23. The molecule has 2 rings (SSSR count). The van der Waals surface area contributed by atoms with Gasteiger partial charge in [0.15, 0.2) is 0 Å². The third-order valence-corrected chi connectivity index (χ3v) is 5.03. The zero-order chi connectivity index (χ0) is 21.2. The second kappa shape index (κ2) is 8.33. The predicted molar refractivity (Wildman–Crippen MR) is 111 cm³/mol. The predicted octanol–water partition coefficient (Wildman–Crippen LogP) is 3.62. The molecule has 1 heterocycles. The molecule has 1 aromatic rings. The Balaban J connectivity index is 1.90. The molecule has 0 radical (unpaired) electrons. The van der Waals surface area contributed by atoms with Gasteiger partial charge in [0, 0.05) is 19.1 Å². The summed E-state index contributed by atoms with van der Waals surface area (Å²) >= 11 is 0. The highest BCUT2D eigenvalue weighted by atomic mass is 16.7. The van der Waals surface area contributed by atoms with Gasteiger partial charge in [0.1, 0.15) is 11.4 Å².